The molecule has 2 heterocycles. The SMILES string of the molecule is COc1cnc(O[C@@H]2C[C@@H](C(N)=O)N(C(=O)[C@@H](NC(=O)OC(C)(C)C(C)(F)F)[C@H](C)C[C@@H](C)CC/C=C\[C@@H]3CCCC3C(=O)NS(=O)(=O)C3(CF)CC3)C2)c2ccccc12. The van der Waals surface area contributed by atoms with E-state index in [0.717, 1.165) is 25.7 Å². The number of allylic oxidation sites excluding steroid dienone is 2. The summed E-state index contributed by atoms with van der Waals surface area (Å²) >= 11 is 0. The van der Waals surface area contributed by atoms with Gasteiger partial charge >= 0.3 is 6.09 Å². The van der Waals surface area contributed by atoms with Crippen LogP contribution in [0, 0.1) is 23.7 Å². The van der Waals surface area contributed by atoms with Gasteiger partial charge in [0.25, 0.3) is 5.92 Å². The monoisotopic (exact) mass is 865 g/mol. The molecule has 5 rings (SSSR count). The van der Waals surface area contributed by atoms with Crippen molar-refractivity contribution >= 4 is 44.6 Å². The van der Waals surface area contributed by atoms with Crippen LogP contribution in [0.4, 0.5) is 18.0 Å². The van der Waals surface area contributed by atoms with Crippen molar-refractivity contribution in [2.75, 3.05) is 20.3 Å². The first-order valence-corrected chi connectivity index (χ1v) is 22.0. The van der Waals surface area contributed by atoms with Crippen LogP contribution in [-0.2, 0) is 29.1 Å². The smallest absolute Gasteiger partial charge is 0.408 e. The van der Waals surface area contributed by atoms with Crippen molar-refractivity contribution in [2.45, 2.75) is 127 Å². The van der Waals surface area contributed by atoms with Crippen molar-refractivity contribution in [1.82, 2.24) is 19.9 Å². The van der Waals surface area contributed by atoms with Crippen LogP contribution < -0.4 is 25.2 Å². The number of hydrogen-bond donors (Lipinski definition) is 3. The number of nitrogens with two attached hydrogens (primary N) is 1. The number of carbonyl (C=O) groups is 4. The molecule has 7 atom stereocenters. The molecule has 1 aliphatic heterocycles. The van der Waals surface area contributed by atoms with Gasteiger partial charge in [-0.05, 0) is 82.6 Å². The number of methoxy groups -OCH3 is 1. The number of sulfonamides is 1. The number of nitrogens with zero attached hydrogens (tertiary/aromatic N) is 2. The fourth-order valence-corrected chi connectivity index (χ4v) is 9.49. The predicted octanol–water partition coefficient (Wildman–Crippen LogP) is 5.97. The number of carbonyl (C=O) groups excluding carboxylic acids is 4. The number of ether oxygens (including phenoxy) is 3. The van der Waals surface area contributed by atoms with E-state index in [2.05, 4.69) is 15.0 Å². The van der Waals surface area contributed by atoms with Crippen molar-refractivity contribution in [1.29, 1.82) is 0 Å². The first-order chi connectivity index (χ1) is 28.1. The summed E-state index contributed by atoms with van der Waals surface area (Å²) in [4.78, 5) is 59.1. The summed E-state index contributed by atoms with van der Waals surface area (Å²) in [5.74, 6) is -6.05. The largest absolute Gasteiger partial charge is 0.494 e. The standard InChI is InChI=1S/C42H58F3N5O9S/c1-25(12-7-8-13-27-14-11-17-29(27)36(52)49-60(55,56)42(24-43)18-19-42)20-26(2)34(48-39(54)59-40(3,4)41(5,44)45)38(53)50-23-28(21-32(50)35(46)51)58-37-31-16-10-9-15-30(31)33(57-6)22-47-37/h8-10,13,15-16,22,25-29,32,34H,7,11-12,14,17-21,23-24H2,1-6H3,(H2,46,51)(H,48,54)(H,49,52)/b13-8-/t25-,26+,27+,28+,29?,32-,34-/m0/s1. The second-order valence-corrected chi connectivity index (χ2v) is 19.4. The third-order valence-electron chi connectivity index (χ3n) is 12.4. The quantitative estimate of drug-likeness (QED) is 0.142. The molecule has 3 fully saturated rings. The second-order valence-electron chi connectivity index (χ2n) is 17.3. The number of amides is 4. The van der Waals surface area contributed by atoms with E-state index in [9.17, 15) is 40.8 Å². The van der Waals surface area contributed by atoms with Crippen LogP contribution in [-0.4, -0.2) is 96.9 Å². The number of alkyl carbamates (subject to hydrolysis) is 1. The van der Waals surface area contributed by atoms with Crippen LogP contribution in [0.25, 0.3) is 10.8 Å². The Kier molecular flexibility index (Phi) is 14.4. The Hall–Kier alpha value is -4.61. The van der Waals surface area contributed by atoms with Crippen molar-refractivity contribution in [3.05, 3.63) is 42.6 Å². The number of pyridine rings is 1. The number of primary amides is 1. The summed E-state index contributed by atoms with van der Waals surface area (Å²) in [6.07, 6.45) is 7.35. The van der Waals surface area contributed by atoms with Gasteiger partial charge in [-0.1, -0.05) is 50.6 Å². The lowest BCUT2D eigenvalue weighted by Crippen LogP contribution is -2.56. The lowest BCUT2D eigenvalue weighted by molar-refractivity contribution is -0.151. The summed E-state index contributed by atoms with van der Waals surface area (Å²) in [5.41, 5.74) is 3.59. The highest BCUT2D eigenvalue weighted by atomic mass is 32.2. The minimum Gasteiger partial charge on any atom is -0.494 e. The first-order valence-electron chi connectivity index (χ1n) is 20.5. The molecule has 18 heteroatoms. The highest BCUT2D eigenvalue weighted by molar-refractivity contribution is 7.91. The Morgan fingerprint density at radius 3 is 2.40 bits per heavy atom. The molecule has 0 spiro atoms. The van der Waals surface area contributed by atoms with Crippen molar-refractivity contribution < 1.29 is 55.0 Å². The topological polar surface area (TPSA) is 196 Å². The number of halogens is 3. The van der Waals surface area contributed by atoms with E-state index in [-0.39, 0.29) is 43.5 Å². The van der Waals surface area contributed by atoms with Gasteiger partial charge in [0, 0.05) is 30.0 Å². The highest BCUT2D eigenvalue weighted by Gasteiger charge is 2.56. The molecule has 0 radical (unpaired) electrons. The number of aromatic nitrogens is 1. The predicted molar refractivity (Wildman–Crippen MR) is 217 cm³/mol. The van der Waals surface area contributed by atoms with Gasteiger partial charge in [0.05, 0.1) is 19.9 Å². The average Bonchev–Trinajstić information content (AvgIpc) is 3.66. The van der Waals surface area contributed by atoms with Crippen LogP contribution >= 0.6 is 0 Å². The van der Waals surface area contributed by atoms with E-state index in [4.69, 9.17) is 19.9 Å². The molecule has 1 aromatic carbocycles. The average molecular weight is 866 g/mol. The van der Waals surface area contributed by atoms with Gasteiger partial charge in [-0.15, -0.1) is 0 Å². The van der Waals surface area contributed by atoms with Gasteiger partial charge in [-0.25, -0.2) is 31.4 Å². The van der Waals surface area contributed by atoms with E-state index in [1.807, 2.05) is 31.2 Å². The maximum Gasteiger partial charge on any atom is 0.408 e. The molecule has 60 heavy (non-hydrogen) atoms. The molecule has 0 bridgehead atoms. The van der Waals surface area contributed by atoms with Crippen LogP contribution in [0.1, 0.15) is 92.4 Å². The summed E-state index contributed by atoms with van der Waals surface area (Å²) in [5, 5.41) is 3.91. The molecule has 1 unspecified atom stereocenters. The van der Waals surface area contributed by atoms with Gasteiger partial charge in [0.15, 0.2) is 5.60 Å². The van der Waals surface area contributed by atoms with Crippen molar-refractivity contribution in [3.8, 4) is 11.6 Å². The maximum atomic E-state index is 14.4. The molecule has 3 aliphatic rings. The molecule has 1 saturated heterocycles. The Labute approximate surface area is 349 Å². The zero-order chi connectivity index (χ0) is 44.2. The molecular formula is C42H58F3N5O9S. The first kappa shape index (κ1) is 46.5. The number of alkyl halides is 3. The zero-order valence-electron chi connectivity index (χ0n) is 35.0. The fourth-order valence-electron chi connectivity index (χ4n) is 8.07. The minimum atomic E-state index is -4.11. The van der Waals surface area contributed by atoms with Gasteiger partial charge < -0.3 is 30.2 Å². The number of hydrogen-bond acceptors (Lipinski definition) is 10. The number of benzene rings is 1. The normalized spacial score (nSPS) is 23.2. The summed E-state index contributed by atoms with van der Waals surface area (Å²) in [6, 6.07) is 4.86. The Balaban J connectivity index is 1.26. The molecule has 2 aromatic rings. The van der Waals surface area contributed by atoms with E-state index in [1.165, 1.54) is 18.2 Å². The third-order valence-corrected chi connectivity index (χ3v) is 14.5. The van der Waals surface area contributed by atoms with Gasteiger partial charge in [-0.3, -0.25) is 19.1 Å². The molecule has 4 amide bonds. The van der Waals surface area contributed by atoms with Crippen LogP contribution in [0.2, 0.25) is 0 Å². The molecule has 2 aliphatic carbocycles. The summed E-state index contributed by atoms with van der Waals surface area (Å²) < 4.78 is 84.9. The van der Waals surface area contributed by atoms with Gasteiger partial charge in [0.2, 0.25) is 33.6 Å². The molecule has 332 valence electrons. The lowest BCUT2D eigenvalue weighted by Gasteiger charge is -2.34. The number of likely N-dealkylation sites (tertiary alicyclic amines) is 1. The van der Waals surface area contributed by atoms with Crippen LogP contribution in [0.3, 0.4) is 0 Å². The van der Waals surface area contributed by atoms with Gasteiger partial charge in [0.1, 0.15) is 35.4 Å². The Morgan fingerprint density at radius 1 is 1.10 bits per heavy atom. The summed E-state index contributed by atoms with van der Waals surface area (Å²) in [7, 11) is -2.59. The van der Waals surface area contributed by atoms with Crippen molar-refractivity contribution in [3.63, 3.8) is 0 Å². The van der Waals surface area contributed by atoms with Crippen LogP contribution in [0.15, 0.2) is 42.6 Å². The fraction of sp³-hybridized carbons (Fsp3) is 0.643. The summed E-state index contributed by atoms with van der Waals surface area (Å²) in [6.45, 7) is 5.30. The van der Waals surface area contributed by atoms with E-state index < -0.39 is 86.8 Å². The van der Waals surface area contributed by atoms with E-state index in [0.29, 0.717) is 50.2 Å². The van der Waals surface area contributed by atoms with Crippen LogP contribution in [0.5, 0.6) is 11.6 Å². The number of rotatable bonds is 19. The lowest BCUT2D eigenvalue weighted by atomic mass is 9.87. The Morgan fingerprint density at radius 2 is 1.78 bits per heavy atom. The minimum absolute atomic E-state index is 0.0319. The molecule has 1 aromatic heterocycles. The molecule has 2 saturated carbocycles. The van der Waals surface area contributed by atoms with Gasteiger partial charge in [-0.2, -0.15) is 0 Å². The maximum absolute atomic E-state index is 14.4. The Bertz CT molecular complexity index is 2040. The van der Waals surface area contributed by atoms with Crippen molar-refractivity contribution in [2.24, 2.45) is 29.4 Å². The van der Waals surface area contributed by atoms with E-state index >= 15 is 0 Å². The third kappa shape index (κ3) is 10.5. The second kappa shape index (κ2) is 18.6. The van der Waals surface area contributed by atoms with E-state index in [1.54, 1.807) is 19.1 Å². The number of nitrogens with one attached hydrogen (secondary N) is 2. The molecule has 4 N–H and O–H groups in total. The number of fused-ring (bicyclic) bond motifs is 1. The zero-order valence-corrected chi connectivity index (χ0v) is 35.9. The highest BCUT2D eigenvalue weighted by Crippen LogP contribution is 2.44. The molecule has 14 nitrogen and oxygen atoms in total. The molecular weight excluding hydrogens is 808 g/mol.